The third-order valence-corrected chi connectivity index (χ3v) is 5.48. The summed E-state index contributed by atoms with van der Waals surface area (Å²) in [6, 6.07) is 10.6. The van der Waals surface area contributed by atoms with Gasteiger partial charge in [0.25, 0.3) is 0 Å². The van der Waals surface area contributed by atoms with Gasteiger partial charge in [-0.3, -0.25) is 0 Å². The number of carbonyl (C=O) groups excluding carboxylic acids is 1. The zero-order valence-corrected chi connectivity index (χ0v) is 16.9. The molecule has 2 aliphatic rings. The van der Waals surface area contributed by atoms with E-state index in [-0.39, 0.29) is 11.5 Å². The first-order valence-electron chi connectivity index (χ1n) is 9.98. The Morgan fingerprint density at radius 3 is 2.11 bits per heavy atom. The number of aromatic nitrogens is 2. The van der Waals surface area contributed by atoms with E-state index in [1.54, 1.807) is 4.90 Å². The fourth-order valence-electron chi connectivity index (χ4n) is 3.77. The molecule has 1 aromatic carbocycles. The number of rotatable bonds is 3. The van der Waals surface area contributed by atoms with Crippen molar-refractivity contribution in [3.8, 4) is 0 Å². The summed E-state index contributed by atoms with van der Waals surface area (Å²) < 4.78 is 5.46. The normalized spacial score (nSPS) is 18.7. The van der Waals surface area contributed by atoms with E-state index >= 15 is 0 Å². The summed E-state index contributed by atoms with van der Waals surface area (Å²) in [5.74, 6) is 0.733. The van der Waals surface area contributed by atoms with Crippen LogP contribution in [0.5, 0.6) is 0 Å². The van der Waals surface area contributed by atoms with Gasteiger partial charge >= 0.3 is 6.09 Å². The highest BCUT2D eigenvalue weighted by Gasteiger charge is 2.46. The highest BCUT2D eigenvalue weighted by molar-refractivity contribution is 5.68. The first-order chi connectivity index (χ1) is 13.4. The number of amides is 1. The van der Waals surface area contributed by atoms with Crippen LogP contribution in [0.15, 0.2) is 42.7 Å². The highest BCUT2D eigenvalue weighted by atomic mass is 16.6. The fraction of sp³-hybridized carbons (Fsp3) is 0.500. The number of carbonyl (C=O) groups is 1. The Morgan fingerprint density at radius 1 is 0.964 bits per heavy atom. The fourth-order valence-corrected chi connectivity index (χ4v) is 3.77. The third kappa shape index (κ3) is 3.81. The second kappa shape index (κ2) is 7.08. The lowest BCUT2D eigenvalue weighted by atomic mass is 9.90. The van der Waals surface area contributed by atoms with Gasteiger partial charge in [0.05, 0.1) is 0 Å². The van der Waals surface area contributed by atoms with E-state index in [0.717, 1.165) is 18.8 Å². The summed E-state index contributed by atoms with van der Waals surface area (Å²) >= 11 is 0. The number of anilines is 1. The van der Waals surface area contributed by atoms with E-state index in [0.29, 0.717) is 26.2 Å². The molecule has 1 aromatic heterocycles. The van der Waals surface area contributed by atoms with Crippen molar-refractivity contribution in [2.24, 2.45) is 0 Å². The van der Waals surface area contributed by atoms with Crippen LogP contribution in [0.25, 0.3) is 0 Å². The molecule has 2 fully saturated rings. The molecule has 0 atom stereocenters. The molecule has 2 aromatic rings. The molecule has 0 radical (unpaired) electrons. The summed E-state index contributed by atoms with van der Waals surface area (Å²) in [4.78, 5) is 25.4. The molecular weight excluding hydrogens is 352 g/mol. The molecule has 6 heteroatoms. The minimum absolute atomic E-state index is 0.0925. The van der Waals surface area contributed by atoms with Crippen molar-refractivity contribution in [3.05, 3.63) is 53.9 Å². The van der Waals surface area contributed by atoms with Crippen molar-refractivity contribution in [2.45, 2.75) is 44.6 Å². The van der Waals surface area contributed by atoms with Crippen LogP contribution in [0.4, 0.5) is 10.7 Å². The van der Waals surface area contributed by atoms with Crippen molar-refractivity contribution in [3.63, 3.8) is 0 Å². The van der Waals surface area contributed by atoms with Crippen molar-refractivity contribution in [2.75, 3.05) is 31.1 Å². The molecule has 6 nitrogen and oxygen atoms in total. The lowest BCUT2D eigenvalue weighted by molar-refractivity contribution is 0.0240. The maximum absolute atomic E-state index is 12.2. The van der Waals surface area contributed by atoms with Gasteiger partial charge in [0.1, 0.15) is 5.60 Å². The lowest BCUT2D eigenvalue weighted by Crippen LogP contribution is -2.50. The molecular formula is C22H28N4O2. The van der Waals surface area contributed by atoms with E-state index in [2.05, 4.69) is 45.2 Å². The predicted octanol–water partition coefficient (Wildman–Crippen LogP) is 3.61. The molecule has 1 aliphatic heterocycles. The maximum Gasteiger partial charge on any atom is 0.410 e. The third-order valence-electron chi connectivity index (χ3n) is 5.48. The van der Waals surface area contributed by atoms with Gasteiger partial charge in [-0.05, 0) is 44.7 Å². The molecule has 1 aliphatic carbocycles. The molecule has 1 amide bonds. The molecule has 0 N–H and O–H groups in total. The maximum atomic E-state index is 12.2. The Balaban J connectivity index is 1.39. The van der Waals surface area contributed by atoms with E-state index in [9.17, 15) is 4.79 Å². The zero-order chi connectivity index (χ0) is 19.8. The first-order valence-corrected chi connectivity index (χ1v) is 9.98. The van der Waals surface area contributed by atoms with E-state index in [1.165, 1.54) is 11.1 Å². The summed E-state index contributed by atoms with van der Waals surface area (Å²) in [6.45, 7) is 8.32. The molecule has 1 saturated carbocycles. The number of ether oxygens (including phenoxy) is 1. The summed E-state index contributed by atoms with van der Waals surface area (Å²) in [5, 5.41) is 0. The average molecular weight is 380 g/mol. The summed E-state index contributed by atoms with van der Waals surface area (Å²) in [7, 11) is 0. The van der Waals surface area contributed by atoms with Crippen molar-refractivity contribution in [1.29, 1.82) is 0 Å². The van der Waals surface area contributed by atoms with Crippen LogP contribution in [-0.4, -0.2) is 52.7 Å². The summed E-state index contributed by atoms with van der Waals surface area (Å²) in [5.41, 5.74) is 2.16. The summed E-state index contributed by atoms with van der Waals surface area (Å²) in [6.07, 6.45) is 6.00. The smallest absolute Gasteiger partial charge is 0.410 e. The molecule has 0 bridgehead atoms. The minimum Gasteiger partial charge on any atom is -0.444 e. The van der Waals surface area contributed by atoms with Crippen LogP contribution < -0.4 is 4.90 Å². The van der Waals surface area contributed by atoms with Gasteiger partial charge in [-0.25, -0.2) is 14.8 Å². The Kier molecular flexibility index (Phi) is 4.73. The van der Waals surface area contributed by atoms with E-state index < -0.39 is 5.60 Å². The lowest BCUT2D eigenvalue weighted by Gasteiger charge is -2.35. The largest absolute Gasteiger partial charge is 0.444 e. The minimum atomic E-state index is -0.468. The van der Waals surface area contributed by atoms with Gasteiger partial charge in [-0.2, -0.15) is 0 Å². The molecule has 2 heterocycles. The van der Waals surface area contributed by atoms with Crippen LogP contribution >= 0.6 is 0 Å². The van der Waals surface area contributed by atoms with Gasteiger partial charge in [-0.1, -0.05) is 30.3 Å². The van der Waals surface area contributed by atoms with Gasteiger partial charge in [0, 0.05) is 44.0 Å². The Bertz CT molecular complexity index is 818. The topological polar surface area (TPSA) is 58.6 Å². The van der Waals surface area contributed by atoms with Crippen molar-refractivity contribution >= 4 is 12.0 Å². The van der Waals surface area contributed by atoms with Crippen LogP contribution in [0.1, 0.15) is 44.7 Å². The van der Waals surface area contributed by atoms with Crippen LogP contribution in [0.2, 0.25) is 0 Å². The van der Waals surface area contributed by atoms with Crippen LogP contribution in [0.3, 0.4) is 0 Å². The number of hydrogen-bond donors (Lipinski definition) is 0. The molecule has 28 heavy (non-hydrogen) atoms. The van der Waals surface area contributed by atoms with Crippen LogP contribution in [0, 0.1) is 0 Å². The van der Waals surface area contributed by atoms with Crippen molar-refractivity contribution < 1.29 is 9.53 Å². The SMILES string of the molecule is CC(C)(C)OC(=O)N1CCN(c2ncc(C3(c4ccccc4)CC3)cn2)CC1. The van der Waals surface area contributed by atoms with E-state index in [1.807, 2.05) is 33.2 Å². The van der Waals surface area contributed by atoms with Gasteiger partial charge in [0.15, 0.2) is 0 Å². The van der Waals surface area contributed by atoms with Crippen LogP contribution in [-0.2, 0) is 10.2 Å². The molecule has 148 valence electrons. The zero-order valence-electron chi connectivity index (χ0n) is 16.9. The molecule has 0 spiro atoms. The quantitative estimate of drug-likeness (QED) is 0.814. The monoisotopic (exact) mass is 380 g/mol. The highest BCUT2D eigenvalue weighted by Crippen LogP contribution is 2.53. The molecule has 4 rings (SSSR count). The number of piperazine rings is 1. The van der Waals surface area contributed by atoms with E-state index in [4.69, 9.17) is 4.74 Å². The molecule has 0 unspecified atom stereocenters. The number of nitrogens with zero attached hydrogens (tertiary/aromatic N) is 4. The number of benzene rings is 1. The Labute approximate surface area is 166 Å². The van der Waals surface area contributed by atoms with Crippen molar-refractivity contribution in [1.82, 2.24) is 14.9 Å². The van der Waals surface area contributed by atoms with Gasteiger partial charge in [-0.15, -0.1) is 0 Å². The predicted molar refractivity (Wildman–Crippen MR) is 109 cm³/mol. The average Bonchev–Trinajstić information content (AvgIpc) is 3.50. The Morgan fingerprint density at radius 2 is 1.57 bits per heavy atom. The van der Waals surface area contributed by atoms with Gasteiger partial charge < -0.3 is 14.5 Å². The first kappa shape index (κ1) is 18.7. The standard InChI is InChI=1S/C22H28N4O2/c1-21(2,3)28-20(27)26-13-11-25(12-14-26)19-23-15-18(16-24-19)22(9-10-22)17-7-5-4-6-8-17/h4-8,15-16H,9-14H2,1-3H3. The molecule has 1 saturated heterocycles. The second-order valence-electron chi connectivity index (χ2n) is 8.67. The Hall–Kier alpha value is -2.63. The number of hydrogen-bond acceptors (Lipinski definition) is 5. The second-order valence-corrected chi connectivity index (χ2v) is 8.67. The van der Waals surface area contributed by atoms with Gasteiger partial charge in [0.2, 0.25) is 5.95 Å².